The number of imide groups is 1. The third-order valence-electron chi connectivity index (χ3n) is 2.99. The molecule has 0 aliphatic carbocycles. The molecule has 1 aliphatic heterocycles. The highest BCUT2D eigenvalue weighted by atomic mass is 16.2. The molecule has 0 bridgehead atoms. The van der Waals surface area contributed by atoms with Crippen molar-refractivity contribution in [1.29, 1.82) is 0 Å². The van der Waals surface area contributed by atoms with Gasteiger partial charge >= 0.3 is 6.03 Å². The molecule has 1 fully saturated rings. The van der Waals surface area contributed by atoms with Crippen LogP contribution >= 0.6 is 0 Å². The van der Waals surface area contributed by atoms with Gasteiger partial charge in [-0.15, -0.1) is 0 Å². The fraction of sp³-hybridized carbons (Fsp3) is 0.333. The minimum absolute atomic E-state index is 0.387. The van der Waals surface area contributed by atoms with Crippen LogP contribution in [0.2, 0.25) is 0 Å². The topological polar surface area (TPSA) is 87.5 Å². The first-order chi connectivity index (χ1) is 8.59. The summed E-state index contributed by atoms with van der Waals surface area (Å²) in [5.41, 5.74) is 6.90. The van der Waals surface area contributed by atoms with Crippen molar-refractivity contribution in [2.75, 3.05) is 7.05 Å². The summed E-state index contributed by atoms with van der Waals surface area (Å²) in [6.07, 6.45) is -0.657. The summed E-state index contributed by atoms with van der Waals surface area (Å²) in [6.45, 7) is 0.522. The standard InChI is InChI=1S/C12H16N4O2/c1-16-10(13)9(11(17)15-12(16)18)14-7-8-5-3-2-4-6-8/h2-6,9-10,14H,7,13H2,1H3,(H,15,17,18). The van der Waals surface area contributed by atoms with Gasteiger partial charge in [-0.3, -0.25) is 15.4 Å². The summed E-state index contributed by atoms with van der Waals surface area (Å²) in [4.78, 5) is 24.3. The predicted octanol–water partition coefficient (Wildman–Crippen LogP) is -0.389. The number of rotatable bonds is 3. The molecule has 2 unspecified atom stereocenters. The van der Waals surface area contributed by atoms with E-state index in [9.17, 15) is 9.59 Å². The lowest BCUT2D eigenvalue weighted by atomic mass is 10.1. The zero-order valence-corrected chi connectivity index (χ0v) is 10.1. The molecule has 0 aromatic heterocycles. The molecule has 4 N–H and O–H groups in total. The van der Waals surface area contributed by atoms with Gasteiger partial charge < -0.3 is 10.6 Å². The molecule has 6 nitrogen and oxygen atoms in total. The molecule has 1 aromatic carbocycles. The summed E-state index contributed by atoms with van der Waals surface area (Å²) in [7, 11) is 1.56. The number of nitrogens with one attached hydrogen (secondary N) is 2. The van der Waals surface area contributed by atoms with Gasteiger partial charge in [-0.25, -0.2) is 4.79 Å². The Morgan fingerprint density at radius 1 is 1.33 bits per heavy atom. The highest BCUT2D eigenvalue weighted by molar-refractivity contribution is 6.00. The summed E-state index contributed by atoms with van der Waals surface area (Å²) >= 11 is 0. The van der Waals surface area contributed by atoms with Gasteiger partial charge in [0.1, 0.15) is 12.2 Å². The number of carbonyl (C=O) groups is 2. The van der Waals surface area contributed by atoms with Gasteiger partial charge in [0.05, 0.1) is 0 Å². The van der Waals surface area contributed by atoms with Gasteiger partial charge in [-0.2, -0.15) is 0 Å². The number of nitrogens with zero attached hydrogens (tertiary/aromatic N) is 1. The maximum absolute atomic E-state index is 11.7. The second-order valence-electron chi connectivity index (χ2n) is 4.24. The van der Waals surface area contributed by atoms with E-state index >= 15 is 0 Å². The van der Waals surface area contributed by atoms with E-state index in [2.05, 4.69) is 10.6 Å². The van der Waals surface area contributed by atoms with Crippen molar-refractivity contribution >= 4 is 11.9 Å². The molecule has 2 atom stereocenters. The van der Waals surface area contributed by atoms with Crippen molar-refractivity contribution in [2.45, 2.75) is 18.8 Å². The number of hydrogen-bond acceptors (Lipinski definition) is 4. The van der Waals surface area contributed by atoms with Crippen LogP contribution in [0.4, 0.5) is 4.79 Å². The summed E-state index contributed by atoms with van der Waals surface area (Å²) < 4.78 is 0. The number of nitrogens with two attached hydrogens (primary N) is 1. The fourth-order valence-corrected chi connectivity index (χ4v) is 1.82. The van der Waals surface area contributed by atoms with Gasteiger partial charge in [0.2, 0.25) is 5.91 Å². The van der Waals surface area contributed by atoms with Crippen LogP contribution in [-0.2, 0) is 11.3 Å². The molecule has 1 heterocycles. The minimum Gasteiger partial charge on any atom is -0.310 e. The number of hydrogen-bond donors (Lipinski definition) is 3. The molecule has 1 saturated heterocycles. The molecule has 6 heteroatoms. The SMILES string of the molecule is CN1C(=O)NC(=O)C(NCc2ccccc2)C1N. The monoisotopic (exact) mass is 248 g/mol. The van der Waals surface area contributed by atoms with E-state index < -0.39 is 18.2 Å². The quantitative estimate of drug-likeness (QED) is 0.680. The lowest BCUT2D eigenvalue weighted by molar-refractivity contribution is -0.125. The van der Waals surface area contributed by atoms with E-state index in [4.69, 9.17) is 5.73 Å². The lowest BCUT2D eigenvalue weighted by Gasteiger charge is -2.35. The zero-order chi connectivity index (χ0) is 13.1. The summed E-state index contributed by atoms with van der Waals surface area (Å²) in [5, 5.41) is 5.31. The summed E-state index contributed by atoms with van der Waals surface area (Å²) in [6, 6.07) is 8.61. The normalized spacial score (nSPS) is 24.0. The Morgan fingerprint density at radius 2 is 2.00 bits per heavy atom. The van der Waals surface area contributed by atoms with Crippen LogP contribution in [0, 0.1) is 0 Å². The van der Waals surface area contributed by atoms with E-state index in [1.54, 1.807) is 7.05 Å². The molecule has 0 radical (unpaired) electrons. The number of likely N-dealkylation sites (N-methyl/N-ethyl adjacent to an activating group) is 1. The van der Waals surface area contributed by atoms with E-state index in [-0.39, 0.29) is 5.91 Å². The van der Waals surface area contributed by atoms with E-state index in [1.165, 1.54) is 4.90 Å². The Balaban J connectivity index is 2.00. The van der Waals surface area contributed by atoms with Crippen molar-refractivity contribution in [3.05, 3.63) is 35.9 Å². The maximum Gasteiger partial charge on any atom is 0.325 e. The molecule has 18 heavy (non-hydrogen) atoms. The largest absolute Gasteiger partial charge is 0.325 e. The van der Waals surface area contributed by atoms with Crippen LogP contribution in [0.3, 0.4) is 0 Å². The number of amides is 3. The number of benzene rings is 1. The molecule has 0 saturated carbocycles. The molecular weight excluding hydrogens is 232 g/mol. The van der Waals surface area contributed by atoms with Crippen molar-refractivity contribution in [1.82, 2.24) is 15.5 Å². The van der Waals surface area contributed by atoms with E-state index in [0.29, 0.717) is 6.54 Å². The highest BCUT2D eigenvalue weighted by Crippen LogP contribution is 2.06. The second kappa shape index (κ2) is 5.16. The highest BCUT2D eigenvalue weighted by Gasteiger charge is 2.36. The van der Waals surface area contributed by atoms with Crippen LogP contribution in [0.25, 0.3) is 0 Å². The minimum atomic E-state index is -0.657. The maximum atomic E-state index is 11.7. The number of carbonyl (C=O) groups excluding carboxylic acids is 2. The van der Waals surface area contributed by atoms with Crippen LogP contribution in [0.15, 0.2) is 30.3 Å². The molecule has 3 amide bonds. The first kappa shape index (κ1) is 12.5. The van der Waals surface area contributed by atoms with Crippen molar-refractivity contribution < 1.29 is 9.59 Å². The third kappa shape index (κ3) is 2.49. The fourth-order valence-electron chi connectivity index (χ4n) is 1.82. The average Bonchev–Trinajstić information content (AvgIpc) is 2.37. The van der Waals surface area contributed by atoms with Crippen LogP contribution < -0.4 is 16.4 Å². The van der Waals surface area contributed by atoms with E-state index in [0.717, 1.165) is 5.56 Å². The molecule has 96 valence electrons. The van der Waals surface area contributed by atoms with Gasteiger partial charge in [-0.05, 0) is 5.56 Å². The first-order valence-electron chi connectivity index (χ1n) is 5.70. The Hall–Kier alpha value is -1.92. The summed E-state index contributed by atoms with van der Waals surface area (Å²) in [5.74, 6) is -0.387. The van der Waals surface area contributed by atoms with Crippen molar-refractivity contribution in [3.63, 3.8) is 0 Å². The molecule has 2 rings (SSSR count). The Labute approximate surface area is 105 Å². The van der Waals surface area contributed by atoms with Gasteiger partial charge in [0, 0.05) is 13.6 Å². The molecular formula is C12H16N4O2. The van der Waals surface area contributed by atoms with Crippen LogP contribution in [0.5, 0.6) is 0 Å². The first-order valence-corrected chi connectivity index (χ1v) is 5.70. The van der Waals surface area contributed by atoms with Crippen molar-refractivity contribution in [3.8, 4) is 0 Å². The van der Waals surface area contributed by atoms with Crippen LogP contribution in [-0.4, -0.2) is 36.1 Å². The average molecular weight is 248 g/mol. The molecule has 0 spiro atoms. The predicted molar refractivity (Wildman–Crippen MR) is 66.3 cm³/mol. The molecule has 1 aromatic rings. The molecule has 1 aliphatic rings. The smallest absolute Gasteiger partial charge is 0.310 e. The van der Waals surface area contributed by atoms with Gasteiger partial charge in [0.25, 0.3) is 0 Å². The van der Waals surface area contributed by atoms with Crippen molar-refractivity contribution in [2.24, 2.45) is 5.73 Å². The van der Waals surface area contributed by atoms with Crippen LogP contribution in [0.1, 0.15) is 5.56 Å². The number of urea groups is 1. The van der Waals surface area contributed by atoms with E-state index in [1.807, 2.05) is 30.3 Å². The zero-order valence-electron chi connectivity index (χ0n) is 10.1. The Bertz CT molecular complexity index is 449. The Kier molecular flexibility index (Phi) is 3.59. The Morgan fingerprint density at radius 3 is 2.67 bits per heavy atom. The third-order valence-corrected chi connectivity index (χ3v) is 2.99. The second-order valence-corrected chi connectivity index (χ2v) is 4.24. The van der Waals surface area contributed by atoms with Gasteiger partial charge in [-0.1, -0.05) is 30.3 Å². The lowest BCUT2D eigenvalue weighted by Crippen LogP contribution is -2.68. The van der Waals surface area contributed by atoms with Gasteiger partial charge in [0.15, 0.2) is 0 Å².